The van der Waals surface area contributed by atoms with Crippen LogP contribution in [0.25, 0.3) is 0 Å². The molecule has 0 aromatic carbocycles. The Morgan fingerprint density at radius 2 is 2.20 bits per heavy atom. The van der Waals surface area contributed by atoms with E-state index < -0.39 is 0 Å². The van der Waals surface area contributed by atoms with Crippen LogP contribution in [-0.4, -0.2) is 43.8 Å². The monoisotopic (exact) mass is 212 g/mol. The van der Waals surface area contributed by atoms with Gasteiger partial charge in [-0.15, -0.1) is 0 Å². The first kappa shape index (κ1) is 11.4. The molecule has 2 rings (SSSR count). The van der Waals surface area contributed by atoms with Crippen LogP contribution >= 0.6 is 0 Å². The minimum atomic E-state index is 0.259. The van der Waals surface area contributed by atoms with Gasteiger partial charge in [-0.1, -0.05) is 13.8 Å². The summed E-state index contributed by atoms with van der Waals surface area (Å²) < 4.78 is 5.41. The molecule has 2 atom stereocenters. The zero-order chi connectivity index (χ0) is 10.9. The van der Waals surface area contributed by atoms with E-state index in [1.54, 1.807) is 0 Å². The number of likely N-dealkylation sites (tertiary alicyclic amines) is 1. The summed E-state index contributed by atoms with van der Waals surface area (Å²) in [5.41, 5.74) is 6.50. The van der Waals surface area contributed by atoms with Gasteiger partial charge in [0.1, 0.15) is 0 Å². The van der Waals surface area contributed by atoms with E-state index in [4.69, 9.17) is 10.5 Å². The molecule has 2 unspecified atom stereocenters. The first-order valence-electron chi connectivity index (χ1n) is 6.12. The van der Waals surface area contributed by atoms with Crippen LogP contribution in [0.2, 0.25) is 0 Å². The molecule has 2 heterocycles. The Morgan fingerprint density at radius 3 is 2.80 bits per heavy atom. The Hall–Kier alpha value is -0.120. The molecule has 0 amide bonds. The minimum absolute atomic E-state index is 0.259. The Morgan fingerprint density at radius 1 is 1.40 bits per heavy atom. The van der Waals surface area contributed by atoms with Crippen molar-refractivity contribution in [1.29, 1.82) is 0 Å². The van der Waals surface area contributed by atoms with Crippen LogP contribution in [0.4, 0.5) is 0 Å². The quantitative estimate of drug-likeness (QED) is 0.744. The second kappa shape index (κ2) is 4.40. The molecule has 0 aliphatic carbocycles. The summed E-state index contributed by atoms with van der Waals surface area (Å²) in [6.07, 6.45) is 2.69. The molecule has 0 saturated carbocycles. The predicted molar refractivity (Wildman–Crippen MR) is 61.7 cm³/mol. The number of rotatable bonds is 2. The fourth-order valence-corrected chi connectivity index (χ4v) is 2.84. The van der Waals surface area contributed by atoms with Crippen molar-refractivity contribution in [2.45, 2.75) is 32.7 Å². The topological polar surface area (TPSA) is 38.5 Å². The molecule has 2 saturated heterocycles. The van der Waals surface area contributed by atoms with E-state index in [1.165, 1.54) is 25.9 Å². The first-order chi connectivity index (χ1) is 7.07. The molecule has 3 nitrogen and oxygen atoms in total. The van der Waals surface area contributed by atoms with Gasteiger partial charge in [-0.2, -0.15) is 0 Å². The van der Waals surface area contributed by atoms with E-state index in [0.29, 0.717) is 11.3 Å². The van der Waals surface area contributed by atoms with Gasteiger partial charge in [0.25, 0.3) is 0 Å². The number of hydrogen-bond donors (Lipinski definition) is 1. The van der Waals surface area contributed by atoms with Gasteiger partial charge in [-0.25, -0.2) is 0 Å². The molecule has 15 heavy (non-hydrogen) atoms. The highest BCUT2D eigenvalue weighted by Crippen LogP contribution is 2.29. The van der Waals surface area contributed by atoms with E-state index in [-0.39, 0.29) is 6.04 Å². The molecule has 2 aliphatic rings. The van der Waals surface area contributed by atoms with Crippen LogP contribution in [0.1, 0.15) is 26.7 Å². The number of piperidine rings is 1. The molecule has 2 aliphatic heterocycles. The zero-order valence-electron chi connectivity index (χ0n) is 10.0. The van der Waals surface area contributed by atoms with Crippen LogP contribution < -0.4 is 5.73 Å². The summed E-state index contributed by atoms with van der Waals surface area (Å²) >= 11 is 0. The minimum Gasteiger partial charge on any atom is -0.379 e. The second-order valence-electron chi connectivity index (χ2n) is 5.96. The van der Waals surface area contributed by atoms with E-state index in [1.807, 2.05) is 0 Å². The lowest BCUT2D eigenvalue weighted by Gasteiger charge is -2.39. The maximum absolute atomic E-state index is 6.01. The number of nitrogens with two attached hydrogens (primary N) is 1. The summed E-state index contributed by atoms with van der Waals surface area (Å²) in [5.74, 6) is 0.555. The number of hydrogen-bond acceptors (Lipinski definition) is 3. The molecule has 2 N–H and O–H groups in total. The summed E-state index contributed by atoms with van der Waals surface area (Å²) in [5, 5.41) is 0. The standard InChI is InChI=1S/C12H24N2O/c1-12(2)4-3-5-14(9-12)6-10-7-15-8-11(10)13/h10-11H,3-9,13H2,1-2H3. The molecule has 0 spiro atoms. The number of ether oxygens (including phenoxy) is 1. The van der Waals surface area contributed by atoms with Gasteiger partial charge < -0.3 is 15.4 Å². The van der Waals surface area contributed by atoms with Crippen molar-refractivity contribution >= 4 is 0 Å². The second-order valence-corrected chi connectivity index (χ2v) is 5.96. The van der Waals surface area contributed by atoms with Gasteiger partial charge in [0.15, 0.2) is 0 Å². The third-order valence-electron chi connectivity index (χ3n) is 3.72. The summed E-state index contributed by atoms with van der Waals surface area (Å²) in [6.45, 7) is 9.93. The third-order valence-corrected chi connectivity index (χ3v) is 3.72. The van der Waals surface area contributed by atoms with Gasteiger partial charge in [0.2, 0.25) is 0 Å². The lowest BCUT2D eigenvalue weighted by atomic mass is 9.83. The highest BCUT2D eigenvalue weighted by molar-refractivity contribution is 4.85. The highest BCUT2D eigenvalue weighted by atomic mass is 16.5. The summed E-state index contributed by atoms with van der Waals surface area (Å²) in [4.78, 5) is 2.57. The van der Waals surface area contributed by atoms with Crippen LogP contribution in [-0.2, 0) is 4.74 Å². The average molecular weight is 212 g/mol. The van der Waals surface area contributed by atoms with Crippen molar-refractivity contribution in [2.75, 3.05) is 32.8 Å². The van der Waals surface area contributed by atoms with E-state index in [0.717, 1.165) is 19.8 Å². The van der Waals surface area contributed by atoms with Gasteiger partial charge in [0.05, 0.1) is 13.2 Å². The Kier molecular flexibility index (Phi) is 3.33. The fourth-order valence-electron chi connectivity index (χ4n) is 2.84. The van der Waals surface area contributed by atoms with Crippen molar-refractivity contribution in [2.24, 2.45) is 17.1 Å². The van der Waals surface area contributed by atoms with E-state index >= 15 is 0 Å². The Labute approximate surface area is 93.0 Å². The van der Waals surface area contributed by atoms with Crippen molar-refractivity contribution < 1.29 is 4.74 Å². The SMILES string of the molecule is CC1(C)CCCN(CC2COCC2N)C1. The first-order valence-corrected chi connectivity index (χ1v) is 6.12. The zero-order valence-corrected chi connectivity index (χ0v) is 10.0. The van der Waals surface area contributed by atoms with Gasteiger partial charge >= 0.3 is 0 Å². The lowest BCUT2D eigenvalue weighted by Crippen LogP contribution is -2.45. The molecule has 0 radical (unpaired) electrons. The lowest BCUT2D eigenvalue weighted by molar-refractivity contribution is 0.0949. The van der Waals surface area contributed by atoms with Gasteiger partial charge in [-0.3, -0.25) is 0 Å². The van der Waals surface area contributed by atoms with Crippen molar-refractivity contribution in [3.63, 3.8) is 0 Å². The van der Waals surface area contributed by atoms with Gasteiger partial charge in [-0.05, 0) is 24.8 Å². The smallest absolute Gasteiger partial charge is 0.0621 e. The fraction of sp³-hybridized carbons (Fsp3) is 1.00. The maximum atomic E-state index is 6.01. The summed E-state index contributed by atoms with van der Waals surface area (Å²) in [6, 6.07) is 0.259. The number of nitrogens with zero attached hydrogens (tertiary/aromatic N) is 1. The molecule has 88 valence electrons. The predicted octanol–water partition coefficient (Wildman–Crippen LogP) is 1.08. The van der Waals surface area contributed by atoms with Crippen molar-refractivity contribution in [3.05, 3.63) is 0 Å². The van der Waals surface area contributed by atoms with Crippen LogP contribution in [0.3, 0.4) is 0 Å². The van der Waals surface area contributed by atoms with Crippen LogP contribution in [0.5, 0.6) is 0 Å². The van der Waals surface area contributed by atoms with Crippen LogP contribution in [0.15, 0.2) is 0 Å². The Bertz CT molecular complexity index is 218. The largest absolute Gasteiger partial charge is 0.379 e. The average Bonchev–Trinajstić information content (AvgIpc) is 2.50. The van der Waals surface area contributed by atoms with E-state index in [9.17, 15) is 0 Å². The molecule has 0 aromatic heterocycles. The molecule has 0 bridgehead atoms. The maximum Gasteiger partial charge on any atom is 0.0621 e. The molecular formula is C12H24N2O. The van der Waals surface area contributed by atoms with Gasteiger partial charge in [0, 0.05) is 25.0 Å². The molecule has 0 aromatic rings. The normalized spacial score (nSPS) is 37.0. The third kappa shape index (κ3) is 2.92. The van der Waals surface area contributed by atoms with Crippen molar-refractivity contribution in [1.82, 2.24) is 4.90 Å². The molecule has 2 fully saturated rings. The van der Waals surface area contributed by atoms with Crippen LogP contribution in [0, 0.1) is 11.3 Å². The molecule has 3 heteroatoms. The highest BCUT2D eigenvalue weighted by Gasteiger charge is 2.31. The molecular weight excluding hydrogens is 188 g/mol. The van der Waals surface area contributed by atoms with E-state index in [2.05, 4.69) is 18.7 Å². The summed E-state index contributed by atoms with van der Waals surface area (Å²) in [7, 11) is 0. The Balaban J connectivity index is 1.83. The van der Waals surface area contributed by atoms with Crippen molar-refractivity contribution in [3.8, 4) is 0 Å².